The fourth-order valence-corrected chi connectivity index (χ4v) is 5.99. The van der Waals surface area contributed by atoms with Crippen LogP contribution in [0.25, 0.3) is 10.9 Å². The van der Waals surface area contributed by atoms with E-state index in [1.54, 1.807) is 37.3 Å². The average molecular weight is 378 g/mol. The third-order valence-corrected chi connectivity index (χ3v) is 8.39. The fourth-order valence-electron chi connectivity index (χ4n) is 4.23. The van der Waals surface area contributed by atoms with Crippen molar-refractivity contribution in [1.29, 1.82) is 5.26 Å². The molecule has 4 nitrogen and oxygen atoms in total. The molecule has 0 aliphatic heterocycles. The Morgan fingerprint density at radius 3 is 2.63 bits per heavy atom. The Morgan fingerprint density at radius 1 is 1.19 bits per heavy atom. The van der Waals surface area contributed by atoms with Crippen molar-refractivity contribution in [2.24, 2.45) is 5.92 Å². The van der Waals surface area contributed by atoms with Gasteiger partial charge < -0.3 is 4.98 Å². The van der Waals surface area contributed by atoms with Gasteiger partial charge in [-0.1, -0.05) is 29.8 Å². The summed E-state index contributed by atoms with van der Waals surface area (Å²) in [4.78, 5) is 3.67. The summed E-state index contributed by atoms with van der Waals surface area (Å²) in [5.74, 6) is -0.255. The minimum Gasteiger partial charge on any atom is -0.358 e. The van der Waals surface area contributed by atoms with Crippen LogP contribution in [0, 0.1) is 24.2 Å². The van der Waals surface area contributed by atoms with Crippen molar-refractivity contribution in [3.05, 3.63) is 65.4 Å². The van der Waals surface area contributed by atoms with Gasteiger partial charge in [-0.25, -0.2) is 8.42 Å². The van der Waals surface area contributed by atoms with Crippen LogP contribution >= 0.6 is 0 Å². The predicted molar refractivity (Wildman–Crippen MR) is 106 cm³/mol. The number of benzene rings is 2. The molecule has 0 spiro atoms. The van der Waals surface area contributed by atoms with E-state index in [0.717, 1.165) is 17.6 Å². The molecule has 1 aliphatic carbocycles. The quantitative estimate of drug-likeness (QED) is 0.737. The van der Waals surface area contributed by atoms with Gasteiger partial charge in [0.05, 0.1) is 11.0 Å². The Kier molecular flexibility index (Phi) is 4.12. The van der Waals surface area contributed by atoms with Crippen LogP contribution in [0.2, 0.25) is 0 Å². The SMILES string of the molecule is Cc1ccc2[nH]c3c(c2c1)CCC([C@@](C)(C#N)S(=O)(=O)c1ccccc1)C3. The highest BCUT2D eigenvalue weighted by Crippen LogP contribution is 2.41. The smallest absolute Gasteiger partial charge is 0.197 e. The second-order valence-corrected chi connectivity index (χ2v) is 9.93. The Balaban J connectivity index is 1.75. The van der Waals surface area contributed by atoms with E-state index in [2.05, 4.69) is 36.2 Å². The number of hydrogen-bond donors (Lipinski definition) is 1. The molecule has 1 N–H and O–H groups in total. The lowest BCUT2D eigenvalue weighted by Crippen LogP contribution is -2.44. The van der Waals surface area contributed by atoms with Gasteiger partial charge in [0.1, 0.15) is 0 Å². The Morgan fingerprint density at radius 2 is 1.93 bits per heavy atom. The van der Waals surface area contributed by atoms with Crippen LogP contribution < -0.4 is 0 Å². The van der Waals surface area contributed by atoms with Gasteiger partial charge in [-0.2, -0.15) is 5.26 Å². The number of fused-ring (bicyclic) bond motifs is 3. The summed E-state index contributed by atoms with van der Waals surface area (Å²) in [6, 6.07) is 16.8. The lowest BCUT2D eigenvalue weighted by atomic mass is 9.79. The van der Waals surface area contributed by atoms with Gasteiger partial charge in [-0.05, 0) is 68.9 Å². The molecule has 0 amide bonds. The molecule has 27 heavy (non-hydrogen) atoms. The van der Waals surface area contributed by atoms with E-state index in [4.69, 9.17) is 0 Å². The number of nitrogens with one attached hydrogen (secondary N) is 1. The van der Waals surface area contributed by atoms with Crippen molar-refractivity contribution in [2.45, 2.75) is 42.8 Å². The second kappa shape index (κ2) is 6.24. The van der Waals surface area contributed by atoms with Crippen molar-refractivity contribution in [2.75, 3.05) is 0 Å². The van der Waals surface area contributed by atoms with Gasteiger partial charge in [0.15, 0.2) is 14.6 Å². The summed E-state index contributed by atoms with van der Waals surface area (Å²) in [7, 11) is -3.76. The standard InChI is InChI=1S/C22H22N2O2S/c1-15-8-11-20-19(12-15)18-10-9-16(13-21(18)24-20)22(2,14-23)27(25,26)17-6-4-3-5-7-17/h3-8,11-12,16,24H,9-10,13H2,1-2H3/t16?,22-/m1/s1. The monoisotopic (exact) mass is 378 g/mol. The lowest BCUT2D eigenvalue weighted by Gasteiger charge is -2.34. The Bertz CT molecular complexity index is 1160. The topological polar surface area (TPSA) is 73.7 Å². The summed E-state index contributed by atoms with van der Waals surface area (Å²) in [5, 5.41) is 11.1. The number of rotatable bonds is 3. The molecule has 5 heteroatoms. The van der Waals surface area contributed by atoms with E-state index < -0.39 is 14.6 Å². The molecule has 4 rings (SSSR count). The first-order chi connectivity index (χ1) is 12.9. The van der Waals surface area contributed by atoms with Gasteiger partial charge in [0, 0.05) is 16.6 Å². The molecule has 1 aromatic heterocycles. The summed E-state index contributed by atoms with van der Waals surface area (Å²) in [6.45, 7) is 3.65. The predicted octanol–water partition coefficient (Wildman–Crippen LogP) is 4.34. The molecule has 1 unspecified atom stereocenters. The van der Waals surface area contributed by atoms with Crippen LogP contribution in [0.15, 0.2) is 53.4 Å². The number of aromatic amines is 1. The van der Waals surface area contributed by atoms with Crippen LogP contribution in [-0.2, 0) is 22.7 Å². The molecule has 0 radical (unpaired) electrons. The highest BCUT2D eigenvalue weighted by atomic mass is 32.2. The van der Waals surface area contributed by atoms with E-state index in [-0.39, 0.29) is 10.8 Å². The molecule has 0 fully saturated rings. The number of nitriles is 1. The normalized spacial score (nSPS) is 19.2. The molecule has 1 aliphatic rings. The molecule has 138 valence electrons. The molecule has 3 aromatic rings. The van der Waals surface area contributed by atoms with E-state index >= 15 is 0 Å². The number of nitrogens with zero attached hydrogens (tertiary/aromatic N) is 1. The molecule has 0 bridgehead atoms. The average Bonchev–Trinajstić information content (AvgIpc) is 3.04. The van der Waals surface area contributed by atoms with Crippen LogP contribution in [-0.4, -0.2) is 18.1 Å². The summed E-state index contributed by atoms with van der Waals surface area (Å²) in [6.07, 6.45) is 2.04. The zero-order valence-corrected chi connectivity index (χ0v) is 16.3. The molecule has 2 atom stereocenters. The van der Waals surface area contributed by atoms with Gasteiger partial charge in [-0.3, -0.25) is 0 Å². The molecular formula is C22H22N2O2S. The molecule has 0 saturated heterocycles. The zero-order valence-electron chi connectivity index (χ0n) is 15.5. The first kappa shape index (κ1) is 17.8. The van der Waals surface area contributed by atoms with Crippen LogP contribution in [0.1, 0.15) is 30.2 Å². The molecule has 2 aromatic carbocycles. The van der Waals surface area contributed by atoms with Crippen molar-refractivity contribution >= 4 is 20.7 Å². The van der Waals surface area contributed by atoms with Crippen molar-refractivity contribution in [3.63, 3.8) is 0 Å². The maximum absolute atomic E-state index is 13.3. The van der Waals surface area contributed by atoms with Gasteiger partial charge >= 0.3 is 0 Å². The van der Waals surface area contributed by atoms with Gasteiger partial charge in [0.2, 0.25) is 0 Å². The number of sulfone groups is 1. The minimum atomic E-state index is -3.76. The van der Waals surface area contributed by atoms with E-state index in [0.29, 0.717) is 12.8 Å². The molecular weight excluding hydrogens is 356 g/mol. The van der Waals surface area contributed by atoms with Crippen molar-refractivity contribution in [1.82, 2.24) is 4.98 Å². The van der Waals surface area contributed by atoms with E-state index in [9.17, 15) is 13.7 Å². The minimum absolute atomic E-state index is 0.215. The number of aromatic nitrogens is 1. The highest BCUT2D eigenvalue weighted by molar-refractivity contribution is 7.93. The first-order valence-corrected chi connectivity index (χ1v) is 10.7. The zero-order chi connectivity index (χ0) is 19.2. The van der Waals surface area contributed by atoms with Gasteiger partial charge in [0.25, 0.3) is 0 Å². The summed E-state index contributed by atoms with van der Waals surface area (Å²) in [5.41, 5.74) is 4.62. The van der Waals surface area contributed by atoms with Crippen LogP contribution in [0.3, 0.4) is 0 Å². The number of hydrogen-bond acceptors (Lipinski definition) is 3. The fraction of sp³-hybridized carbons (Fsp3) is 0.318. The maximum atomic E-state index is 13.3. The number of H-pyrrole nitrogens is 1. The lowest BCUT2D eigenvalue weighted by molar-refractivity contribution is 0.385. The summed E-state index contributed by atoms with van der Waals surface area (Å²) >= 11 is 0. The van der Waals surface area contributed by atoms with E-state index in [1.807, 2.05) is 0 Å². The van der Waals surface area contributed by atoms with E-state index in [1.165, 1.54) is 16.5 Å². The molecule has 1 heterocycles. The van der Waals surface area contributed by atoms with Crippen LogP contribution in [0.5, 0.6) is 0 Å². The Hall–Kier alpha value is -2.58. The first-order valence-electron chi connectivity index (χ1n) is 9.18. The summed E-state index contributed by atoms with van der Waals surface area (Å²) < 4.78 is 25.1. The molecule has 0 saturated carbocycles. The highest BCUT2D eigenvalue weighted by Gasteiger charge is 2.48. The Labute approximate surface area is 159 Å². The second-order valence-electron chi connectivity index (χ2n) is 7.61. The largest absolute Gasteiger partial charge is 0.358 e. The van der Waals surface area contributed by atoms with Crippen molar-refractivity contribution < 1.29 is 8.42 Å². The maximum Gasteiger partial charge on any atom is 0.197 e. The third kappa shape index (κ3) is 2.67. The van der Waals surface area contributed by atoms with Gasteiger partial charge in [-0.15, -0.1) is 0 Å². The number of aryl methyl sites for hydroxylation is 2. The van der Waals surface area contributed by atoms with Crippen molar-refractivity contribution in [3.8, 4) is 6.07 Å². The third-order valence-electron chi connectivity index (χ3n) is 5.96. The van der Waals surface area contributed by atoms with Crippen LogP contribution in [0.4, 0.5) is 0 Å².